The zero-order valence-corrected chi connectivity index (χ0v) is 14.3. The molecule has 122 valence electrons. The minimum Gasteiger partial charge on any atom is -0.208 e. The first-order valence-electron chi connectivity index (χ1n) is 7.77. The third-order valence-electron chi connectivity index (χ3n) is 3.45. The monoisotopic (exact) mass is 329 g/mol. The summed E-state index contributed by atoms with van der Waals surface area (Å²) in [6, 6.07) is 18.9. The summed E-state index contributed by atoms with van der Waals surface area (Å²) in [6.07, 6.45) is 2.36. The Hall–Kier alpha value is -1.91. The molecule has 1 atom stereocenters. The van der Waals surface area contributed by atoms with E-state index in [1.807, 2.05) is 60.7 Å². The van der Waals surface area contributed by atoms with Crippen LogP contribution in [0.15, 0.2) is 66.1 Å². The quantitative estimate of drug-likeness (QED) is 0.820. The molecular formula is C19H23NO2S. The first kappa shape index (κ1) is 17.4. The van der Waals surface area contributed by atoms with Gasteiger partial charge in [-0.2, -0.15) is 0 Å². The van der Waals surface area contributed by atoms with Crippen molar-refractivity contribution < 1.29 is 8.42 Å². The average Bonchev–Trinajstić information content (AvgIpc) is 2.54. The minimum absolute atomic E-state index is 0.221. The molecule has 0 aliphatic carbocycles. The van der Waals surface area contributed by atoms with Gasteiger partial charge in [-0.3, -0.25) is 0 Å². The van der Waals surface area contributed by atoms with Crippen molar-refractivity contribution in [1.29, 1.82) is 0 Å². The van der Waals surface area contributed by atoms with E-state index in [1.54, 1.807) is 6.08 Å². The summed E-state index contributed by atoms with van der Waals surface area (Å²) in [5.41, 5.74) is 1.84. The van der Waals surface area contributed by atoms with E-state index >= 15 is 0 Å². The van der Waals surface area contributed by atoms with Crippen LogP contribution >= 0.6 is 0 Å². The number of hydrogen-bond donors (Lipinski definition) is 1. The number of sulfonamides is 1. The van der Waals surface area contributed by atoms with Gasteiger partial charge in [-0.05, 0) is 29.5 Å². The molecule has 2 aromatic carbocycles. The first-order valence-corrected chi connectivity index (χ1v) is 9.31. The average molecular weight is 329 g/mol. The summed E-state index contributed by atoms with van der Waals surface area (Å²) in [5, 5.41) is 1.23. The Morgan fingerprint density at radius 3 is 2.09 bits per heavy atom. The van der Waals surface area contributed by atoms with E-state index in [2.05, 4.69) is 18.6 Å². The van der Waals surface area contributed by atoms with Gasteiger partial charge in [0.15, 0.2) is 0 Å². The highest BCUT2D eigenvalue weighted by Gasteiger charge is 2.18. The molecule has 2 rings (SSSR count). The van der Waals surface area contributed by atoms with Crippen LogP contribution in [0.25, 0.3) is 6.08 Å². The van der Waals surface area contributed by atoms with E-state index in [-0.39, 0.29) is 6.04 Å². The Bertz CT molecular complexity index is 722. The van der Waals surface area contributed by atoms with Crippen molar-refractivity contribution in [1.82, 2.24) is 4.72 Å². The van der Waals surface area contributed by atoms with Gasteiger partial charge in [0.05, 0.1) is 0 Å². The van der Waals surface area contributed by atoms with Crippen LogP contribution in [0.4, 0.5) is 0 Å². The number of nitrogens with one attached hydrogen (secondary N) is 1. The molecule has 0 amide bonds. The third kappa shape index (κ3) is 6.00. The van der Waals surface area contributed by atoms with E-state index in [4.69, 9.17) is 0 Å². The summed E-state index contributed by atoms with van der Waals surface area (Å²) < 4.78 is 27.5. The zero-order valence-electron chi connectivity index (χ0n) is 13.5. The van der Waals surface area contributed by atoms with Crippen LogP contribution in [-0.2, 0) is 10.0 Å². The second-order valence-electron chi connectivity index (χ2n) is 5.97. The topological polar surface area (TPSA) is 46.2 Å². The van der Waals surface area contributed by atoms with Gasteiger partial charge < -0.3 is 0 Å². The second kappa shape index (κ2) is 8.09. The van der Waals surface area contributed by atoms with Crippen molar-refractivity contribution in [3.63, 3.8) is 0 Å². The molecule has 23 heavy (non-hydrogen) atoms. The molecule has 1 unspecified atom stereocenters. The summed E-state index contributed by atoms with van der Waals surface area (Å²) in [7, 11) is -3.50. The fraction of sp³-hybridized carbons (Fsp3) is 0.263. The summed E-state index contributed by atoms with van der Waals surface area (Å²) >= 11 is 0. The van der Waals surface area contributed by atoms with Crippen molar-refractivity contribution in [3.8, 4) is 0 Å². The van der Waals surface area contributed by atoms with Crippen LogP contribution in [0.2, 0.25) is 0 Å². The SMILES string of the molecule is CC(C)CC(NS(=O)(=O)/C=C/c1ccccc1)c1ccccc1. The van der Waals surface area contributed by atoms with E-state index in [9.17, 15) is 8.42 Å². The van der Waals surface area contributed by atoms with Crippen LogP contribution in [-0.4, -0.2) is 8.42 Å². The maximum atomic E-state index is 12.4. The molecule has 4 heteroatoms. The second-order valence-corrected chi connectivity index (χ2v) is 7.57. The molecule has 1 N–H and O–H groups in total. The van der Waals surface area contributed by atoms with Gasteiger partial charge >= 0.3 is 0 Å². The van der Waals surface area contributed by atoms with Gasteiger partial charge in [0, 0.05) is 11.4 Å². The largest absolute Gasteiger partial charge is 0.234 e. The molecule has 0 saturated heterocycles. The Balaban J connectivity index is 2.16. The lowest BCUT2D eigenvalue weighted by Gasteiger charge is -2.20. The highest BCUT2D eigenvalue weighted by molar-refractivity contribution is 7.92. The molecule has 2 aromatic rings. The Kier molecular flexibility index (Phi) is 6.13. The molecule has 0 aromatic heterocycles. The molecule has 0 bridgehead atoms. The maximum Gasteiger partial charge on any atom is 0.234 e. The van der Waals surface area contributed by atoms with Gasteiger partial charge in [0.25, 0.3) is 0 Å². The van der Waals surface area contributed by atoms with Crippen LogP contribution < -0.4 is 4.72 Å². The summed E-state index contributed by atoms with van der Waals surface area (Å²) in [5.74, 6) is 0.390. The molecule has 0 saturated carbocycles. The Labute approximate surface area is 139 Å². The molecule has 0 aliphatic rings. The lowest BCUT2D eigenvalue weighted by atomic mass is 9.98. The van der Waals surface area contributed by atoms with E-state index < -0.39 is 10.0 Å². The lowest BCUT2D eigenvalue weighted by Crippen LogP contribution is -2.27. The number of rotatable bonds is 7. The predicted molar refractivity (Wildman–Crippen MR) is 96.2 cm³/mol. The van der Waals surface area contributed by atoms with Crippen LogP contribution in [0.5, 0.6) is 0 Å². The minimum atomic E-state index is -3.50. The fourth-order valence-electron chi connectivity index (χ4n) is 2.38. The highest BCUT2D eigenvalue weighted by atomic mass is 32.2. The molecule has 0 heterocycles. The van der Waals surface area contributed by atoms with Crippen LogP contribution in [0, 0.1) is 5.92 Å². The highest BCUT2D eigenvalue weighted by Crippen LogP contribution is 2.22. The molecular weight excluding hydrogens is 306 g/mol. The van der Waals surface area contributed by atoms with Crippen LogP contribution in [0.3, 0.4) is 0 Å². The van der Waals surface area contributed by atoms with Crippen molar-refractivity contribution in [2.45, 2.75) is 26.3 Å². The Morgan fingerprint density at radius 1 is 0.957 bits per heavy atom. The summed E-state index contributed by atoms with van der Waals surface area (Å²) in [6.45, 7) is 4.17. The molecule has 3 nitrogen and oxygen atoms in total. The van der Waals surface area contributed by atoms with Crippen LogP contribution in [0.1, 0.15) is 37.4 Å². The molecule has 0 radical (unpaired) electrons. The van der Waals surface area contributed by atoms with E-state index in [0.717, 1.165) is 17.5 Å². The standard InChI is InChI=1S/C19H23NO2S/c1-16(2)15-19(18-11-7-4-8-12-18)20-23(21,22)14-13-17-9-5-3-6-10-17/h3-14,16,19-20H,15H2,1-2H3/b14-13+. The van der Waals surface area contributed by atoms with Crippen molar-refractivity contribution in [2.75, 3.05) is 0 Å². The fourth-order valence-corrected chi connectivity index (χ4v) is 3.42. The van der Waals surface area contributed by atoms with Crippen molar-refractivity contribution in [2.24, 2.45) is 5.92 Å². The Morgan fingerprint density at radius 2 is 1.52 bits per heavy atom. The lowest BCUT2D eigenvalue weighted by molar-refractivity contribution is 0.474. The van der Waals surface area contributed by atoms with Gasteiger partial charge in [-0.25, -0.2) is 13.1 Å². The molecule has 0 aliphatic heterocycles. The molecule has 0 fully saturated rings. The maximum absolute atomic E-state index is 12.4. The molecule has 0 spiro atoms. The van der Waals surface area contributed by atoms with Gasteiger partial charge in [-0.15, -0.1) is 0 Å². The van der Waals surface area contributed by atoms with Gasteiger partial charge in [-0.1, -0.05) is 74.5 Å². The van der Waals surface area contributed by atoms with E-state index in [1.165, 1.54) is 5.41 Å². The summed E-state index contributed by atoms with van der Waals surface area (Å²) in [4.78, 5) is 0. The number of hydrogen-bond acceptors (Lipinski definition) is 2. The van der Waals surface area contributed by atoms with Crippen molar-refractivity contribution in [3.05, 3.63) is 77.2 Å². The number of benzene rings is 2. The zero-order chi connectivity index (χ0) is 16.7. The van der Waals surface area contributed by atoms with Crippen molar-refractivity contribution >= 4 is 16.1 Å². The van der Waals surface area contributed by atoms with Gasteiger partial charge in [0.1, 0.15) is 0 Å². The normalized spacial score (nSPS) is 13.5. The predicted octanol–water partition coefficient (Wildman–Crippen LogP) is 4.36. The smallest absolute Gasteiger partial charge is 0.208 e. The third-order valence-corrected chi connectivity index (χ3v) is 4.56. The van der Waals surface area contributed by atoms with Gasteiger partial charge in [0.2, 0.25) is 10.0 Å². The first-order chi connectivity index (χ1) is 11.0. The van der Waals surface area contributed by atoms with E-state index in [0.29, 0.717) is 5.92 Å².